The molecular weight excluding hydrogens is 397 g/mol. The largest absolute Gasteiger partial charge is 0.495 e. The Hall–Kier alpha value is -3.27. The summed E-state index contributed by atoms with van der Waals surface area (Å²) in [5, 5.41) is 0. The summed E-state index contributed by atoms with van der Waals surface area (Å²) in [6.07, 6.45) is 1.00. The Balaban J connectivity index is 1.96. The average molecular weight is 410 g/mol. The second-order valence-electron chi connectivity index (χ2n) is 5.44. The molecule has 1 N–H and O–H groups in total. The molecule has 0 fully saturated rings. The molecule has 0 aliphatic rings. The Morgan fingerprint density at radius 1 is 0.964 bits per heavy atom. The lowest BCUT2D eigenvalue weighted by Gasteiger charge is -2.14. The van der Waals surface area contributed by atoms with Gasteiger partial charge in [-0.2, -0.15) is 8.78 Å². The first-order valence-electron chi connectivity index (χ1n) is 7.74. The van der Waals surface area contributed by atoms with E-state index in [1.165, 1.54) is 31.4 Å². The van der Waals surface area contributed by atoms with E-state index in [1.807, 2.05) is 0 Å². The van der Waals surface area contributed by atoms with Crippen LogP contribution >= 0.6 is 0 Å². The third-order valence-corrected chi connectivity index (χ3v) is 4.96. The number of anilines is 1. The topological polar surface area (TPSA) is 77.5 Å². The maximum absolute atomic E-state index is 13.7. The lowest BCUT2D eigenvalue weighted by atomic mass is 10.3. The molecule has 0 aliphatic heterocycles. The first-order valence-corrected chi connectivity index (χ1v) is 9.23. The number of nitrogens with one attached hydrogen (secondary N) is 1. The van der Waals surface area contributed by atoms with Crippen LogP contribution in [0, 0.1) is 17.6 Å². The molecule has 146 valence electrons. The van der Waals surface area contributed by atoms with E-state index in [0.717, 1.165) is 30.5 Å². The molecule has 1 heterocycles. The summed E-state index contributed by atoms with van der Waals surface area (Å²) in [4.78, 5) is 2.83. The van der Waals surface area contributed by atoms with E-state index in [1.54, 1.807) is 0 Å². The van der Waals surface area contributed by atoms with Gasteiger partial charge in [-0.15, -0.1) is 0 Å². The monoisotopic (exact) mass is 410 g/mol. The minimum Gasteiger partial charge on any atom is -0.495 e. The van der Waals surface area contributed by atoms with Crippen LogP contribution in [-0.2, 0) is 10.0 Å². The number of halogens is 3. The van der Waals surface area contributed by atoms with Crippen molar-refractivity contribution in [2.75, 3.05) is 11.8 Å². The molecule has 3 aromatic rings. The zero-order valence-electron chi connectivity index (χ0n) is 14.3. The highest BCUT2D eigenvalue weighted by molar-refractivity contribution is 7.92. The highest BCUT2D eigenvalue weighted by Crippen LogP contribution is 2.33. The quantitative estimate of drug-likeness (QED) is 0.619. The zero-order chi connectivity index (χ0) is 20.3. The van der Waals surface area contributed by atoms with Crippen LogP contribution in [0.2, 0.25) is 0 Å². The number of hydrogen-bond acceptors (Lipinski definition) is 5. The molecule has 1 aromatic heterocycles. The van der Waals surface area contributed by atoms with Crippen molar-refractivity contribution in [3.63, 3.8) is 0 Å². The molecule has 0 amide bonds. The number of ether oxygens (including phenoxy) is 2. The smallest absolute Gasteiger partial charge is 0.265 e. The molecule has 6 nitrogen and oxygen atoms in total. The molecule has 3 rings (SSSR count). The molecule has 0 unspecified atom stereocenters. The molecule has 0 bridgehead atoms. The lowest BCUT2D eigenvalue weighted by molar-refractivity contribution is 0.392. The van der Waals surface area contributed by atoms with E-state index in [0.29, 0.717) is 0 Å². The van der Waals surface area contributed by atoms with Gasteiger partial charge in [0.05, 0.1) is 7.11 Å². The van der Waals surface area contributed by atoms with E-state index in [2.05, 4.69) is 9.71 Å². The number of nitrogens with zero attached hydrogens (tertiary/aromatic N) is 1. The van der Waals surface area contributed by atoms with Gasteiger partial charge in [0.1, 0.15) is 22.2 Å². The fourth-order valence-corrected chi connectivity index (χ4v) is 3.51. The van der Waals surface area contributed by atoms with E-state index < -0.39 is 33.4 Å². The summed E-state index contributed by atoms with van der Waals surface area (Å²) in [5.74, 6) is -3.74. The fourth-order valence-electron chi connectivity index (χ4n) is 2.27. The first-order chi connectivity index (χ1) is 13.3. The van der Waals surface area contributed by atoms with E-state index >= 15 is 0 Å². The third kappa shape index (κ3) is 4.17. The van der Waals surface area contributed by atoms with Gasteiger partial charge in [0.25, 0.3) is 16.0 Å². The predicted octanol–water partition coefficient (Wildman–Crippen LogP) is 4.10. The van der Waals surface area contributed by atoms with Gasteiger partial charge in [-0.05, 0) is 36.4 Å². The predicted molar refractivity (Wildman–Crippen MR) is 94.4 cm³/mol. The normalized spacial score (nSPS) is 11.1. The molecule has 0 spiro atoms. The second-order valence-corrected chi connectivity index (χ2v) is 7.09. The van der Waals surface area contributed by atoms with Gasteiger partial charge in [0, 0.05) is 24.0 Å². The Kier molecular flexibility index (Phi) is 5.41. The zero-order valence-corrected chi connectivity index (χ0v) is 15.1. The maximum Gasteiger partial charge on any atom is 0.265 e. The molecule has 10 heteroatoms. The molecule has 0 saturated heterocycles. The van der Waals surface area contributed by atoms with Crippen molar-refractivity contribution in [3.05, 3.63) is 72.3 Å². The van der Waals surface area contributed by atoms with E-state index in [9.17, 15) is 21.6 Å². The Labute approximate surface area is 158 Å². The van der Waals surface area contributed by atoms with Crippen LogP contribution in [0.5, 0.6) is 17.2 Å². The molecule has 0 radical (unpaired) electrons. The summed E-state index contributed by atoms with van der Waals surface area (Å²) in [5.41, 5.74) is 0.122. The highest BCUT2D eigenvalue weighted by Gasteiger charge is 2.22. The van der Waals surface area contributed by atoms with Gasteiger partial charge in [-0.25, -0.2) is 17.8 Å². The van der Waals surface area contributed by atoms with Gasteiger partial charge < -0.3 is 9.47 Å². The van der Waals surface area contributed by atoms with Crippen molar-refractivity contribution in [1.29, 1.82) is 0 Å². The molecule has 0 atom stereocenters. The van der Waals surface area contributed by atoms with Crippen LogP contribution in [0.4, 0.5) is 18.9 Å². The second kappa shape index (κ2) is 7.77. The van der Waals surface area contributed by atoms with Crippen LogP contribution in [0.3, 0.4) is 0 Å². The van der Waals surface area contributed by atoms with Crippen molar-refractivity contribution in [2.24, 2.45) is 0 Å². The van der Waals surface area contributed by atoms with Gasteiger partial charge in [-0.1, -0.05) is 0 Å². The third-order valence-electron chi connectivity index (χ3n) is 3.56. The summed E-state index contributed by atoms with van der Waals surface area (Å²) < 4.78 is 78.0. The fraction of sp³-hybridized carbons (Fsp3) is 0.0556. The SMILES string of the molecule is COc1ccc(Oc2ccnc(F)c2F)cc1S(=O)(=O)Nc1ccc(F)cc1. The van der Waals surface area contributed by atoms with Crippen LogP contribution in [-0.4, -0.2) is 20.5 Å². The van der Waals surface area contributed by atoms with Crippen LogP contribution < -0.4 is 14.2 Å². The van der Waals surface area contributed by atoms with Crippen molar-refractivity contribution < 1.29 is 31.1 Å². The number of methoxy groups -OCH3 is 1. The van der Waals surface area contributed by atoms with Crippen LogP contribution in [0.15, 0.2) is 59.6 Å². The number of aromatic nitrogens is 1. The van der Waals surface area contributed by atoms with Crippen LogP contribution in [0.25, 0.3) is 0 Å². The van der Waals surface area contributed by atoms with Crippen LogP contribution in [0.1, 0.15) is 0 Å². The van der Waals surface area contributed by atoms with Gasteiger partial charge in [-0.3, -0.25) is 4.72 Å². The number of pyridine rings is 1. The van der Waals surface area contributed by atoms with Crippen molar-refractivity contribution >= 4 is 15.7 Å². The number of benzene rings is 2. The van der Waals surface area contributed by atoms with E-state index in [-0.39, 0.29) is 22.1 Å². The van der Waals surface area contributed by atoms with Gasteiger partial charge in [0.15, 0.2) is 5.75 Å². The van der Waals surface area contributed by atoms with Crippen molar-refractivity contribution in [1.82, 2.24) is 4.98 Å². The van der Waals surface area contributed by atoms with Crippen molar-refractivity contribution in [2.45, 2.75) is 4.90 Å². The molecule has 28 heavy (non-hydrogen) atoms. The first kappa shape index (κ1) is 19.5. The summed E-state index contributed by atoms with van der Waals surface area (Å²) in [7, 11) is -2.89. The number of sulfonamides is 1. The average Bonchev–Trinajstić information content (AvgIpc) is 2.67. The minimum absolute atomic E-state index is 0.0108. The Morgan fingerprint density at radius 3 is 2.36 bits per heavy atom. The summed E-state index contributed by atoms with van der Waals surface area (Å²) in [6, 6.07) is 9.47. The highest BCUT2D eigenvalue weighted by atomic mass is 32.2. The van der Waals surface area contributed by atoms with E-state index in [4.69, 9.17) is 9.47 Å². The van der Waals surface area contributed by atoms with Gasteiger partial charge >= 0.3 is 0 Å². The molecule has 0 aliphatic carbocycles. The Morgan fingerprint density at radius 2 is 1.68 bits per heavy atom. The van der Waals surface area contributed by atoms with Gasteiger partial charge in [0.2, 0.25) is 5.82 Å². The molecule has 2 aromatic carbocycles. The number of hydrogen-bond donors (Lipinski definition) is 1. The summed E-state index contributed by atoms with van der Waals surface area (Å²) in [6.45, 7) is 0. The number of rotatable bonds is 6. The molecule has 0 saturated carbocycles. The Bertz CT molecular complexity index is 1110. The maximum atomic E-state index is 13.7. The lowest BCUT2D eigenvalue weighted by Crippen LogP contribution is -2.14. The minimum atomic E-state index is -4.16. The molecular formula is C18H13F3N2O4S. The summed E-state index contributed by atoms with van der Waals surface area (Å²) >= 11 is 0. The van der Waals surface area contributed by atoms with Crippen molar-refractivity contribution in [3.8, 4) is 17.2 Å². The standard InChI is InChI=1S/C18H13F3N2O4S/c1-26-14-7-6-13(27-15-8-9-22-18(21)17(15)20)10-16(14)28(24,25)23-12-4-2-11(19)3-5-12/h2-10,23H,1H3.